The van der Waals surface area contributed by atoms with Crippen LogP contribution in [0.4, 0.5) is 0 Å². The first-order valence-electron chi connectivity index (χ1n) is 8.52. The normalized spacial score (nSPS) is 15.9. The van der Waals surface area contributed by atoms with E-state index in [0.717, 1.165) is 0 Å². The smallest absolute Gasteiger partial charge is 0.326 e. The van der Waals surface area contributed by atoms with E-state index in [1.165, 1.54) is 6.92 Å². The molecule has 0 saturated carbocycles. The zero-order valence-electron chi connectivity index (χ0n) is 15.7. The highest BCUT2D eigenvalue weighted by Gasteiger charge is 2.31. The van der Waals surface area contributed by atoms with Crippen LogP contribution in [-0.2, 0) is 24.0 Å². The highest BCUT2D eigenvalue weighted by Crippen LogP contribution is 2.01. The van der Waals surface area contributed by atoms with Gasteiger partial charge >= 0.3 is 5.97 Å². The van der Waals surface area contributed by atoms with E-state index < -0.39 is 66.5 Å². The van der Waals surface area contributed by atoms with Crippen molar-refractivity contribution >= 4 is 42.2 Å². The molecule has 0 fully saturated rings. The van der Waals surface area contributed by atoms with Gasteiger partial charge in [0.05, 0.1) is 12.7 Å². The van der Waals surface area contributed by atoms with Gasteiger partial charge in [-0.15, -0.1) is 0 Å². The summed E-state index contributed by atoms with van der Waals surface area (Å²) in [6.07, 6.45) is -1.92. The molecule has 13 nitrogen and oxygen atoms in total. The second-order valence-electron chi connectivity index (χ2n) is 6.16. The van der Waals surface area contributed by atoms with Crippen molar-refractivity contribution in [2.45, 2.75) is 50.0 Å². The van der Waals surface area contributed by atoms with E-state index in [-0.39, 0.29) is 18.6 Å². The van der Waals surface area contributed by atoms with Gasteiger partial charge in [-0.2, -0.15) is 12.6 Å². The number of aliphatic hydroxyl groups excluding tert-OH is 2. The molecule has 0 spiro atoms. The molecule has 0 bridgehead atoms. The topological polar surface area (TPSA) is 234 Å². The van der Waals surface area contributed by atoms with Crippen LogP contribution in [0.25, 0.3) is 0 Å². The summed E-state index contributed by atoms with van der Waals surface area (Å²) in [5.74, 6) is -5.17. The summed E-state index contributed by atoms with van der Waals surface area (Å²) in [5, 5.41) is 34.2. The van der Waals surface area contributed by atoms with Crippen molar-refractivity contribution < 1.29 is 39.3 Å². The fourth-order valence-corrected chi connectivity index (χ4v) is 2.28. The highest BCUT2D eigenvalue weighted by atomic mass is 32.1. The minimum atomic E-state index is -1.50. The number of carbonyl (C=O) groups excluding carboxylic acids is 4. The van der Waals surface area contributed by atoms with Crippen LogP contribution in [0.1, 0.15) is 19.8 Å². The number of hydrogen-bond donors (Lipinski definition) is 9. The summed E-state index contributed by atoms with van der Waals surface area (Å²) in [6, 6.07) is -5.56. The summed E-state index contributed by atoms with van der Waals surface area (Å²) in [6.45, 7) is 0.512. The first kappa shape index (κ1) is 26.6. The maximum Gasteiger partial charge on any atom is 0.326 e. The lowest BCUT2D eigenvalue weighted by Crippen LogP contribution is -2.60. The minimum Gasteiger partial charge on any atom is -0.480 e. The van der Waals surface area contributed by atoms with E-state index in [2.05, 4.69) is 28.6 Å². The Hall–Kier alpha value is -2.42. The number of aliphatic carboxylic acids is 1. The maximum atomic E-state index is 12.4. The van der Waals surface area contributed by atoms with Crippen LogP contribution in [0.2, 0.25) is 0 Å². The first-order valence-corrected chi connectivity index (χ1v) is 9.15. The third-order valence-electron chi connectivity index (χ3n) is 3.71. The van der Waals surface area contributed by atoms with Gasteiger partial charge in [-0.25, -0.2) is 4.79 Å². The number of rotatable bonds is 13. The van der Waals surface area contributed by atoms with Crippen molar-refractivity contribution in [3.63, 3.8) is 0 Å². The van der Waals surface area contributed by atoms with E-state index in [9.17, 15) is 29.1 Å². The second-order valence-corrected chi connectivity index (χ2v) is 6.53. The molecule has 29 heavy (non-hydrogen) atoms. The van der Waals surface area contributed by atoms with Gasteiger partial charge in [0.1, 0.15) is 24.2 Å². The average Bonchev–Trinajstić information content (AvgIpc) is 2.65. The number of nitrogens with two attached hydrogens (primary N) is 2. The number of amides is 4. The first-order chi connectivity index (χ1) is 13.4. The molecule has 0 rings (SSSR count). The molecule has 5 unspecified atom stereocenters. The summed E-state index contributed by atoms with van der Waals surface area (Å²) >= 11 is 3.93. The van der Waals surface area contributed by atoms with Crippen LogP contribution in [0, 0.1) is 0 Å². The second kappa shape index (κ2) is 12.9. The molecule has 4 amide bonds. The number of primary amides is 1. The monoisotopic (exact) mass is 437 g/mol. The van der Waals surface area contributed by atoms with Crippen LogP contribution < -0.4 is 27.4 Å². The molecular weight excluding hydrogens is 410 g/mol. The Morgan fingerprint density at radius 1 is 1.00 bits per heavy atom. The molecular formula is C15H27N5O8S. The summed E-state index contributed by atoms with van der Waals surface area (Å²) in [7, 11) is 0. The van der Waals surface area contributed by atoms with Gasteiger partial charge in [-0.05, 0) is 13.3 Å². The largest absolute Gasteiger partial charge is 0.480 e. The van der Waals surface area contributed by atoms with Crippen LogP contribution in [0.5, 0.6) is 0 Å². The molecule has 0 aliphatic rings. The Morgan fingerprint density at radius 3 is 1.97 bits per heavy atom. The van der Waals surface area contributed by atoms with E-state index in [1.54, 1.807) is 0 Å². The Balaban J connectivity index is 5.12. The summed E-state index contributed by atoms with van der Waals surface area (Å²) < 4.78 is 0. The van der Waals surface area contributed by atoms with Gasteiger partial charge in [0.15, 0.2) is 0 Å². The Kier molecular flexibility index (Phi) is 11.8. The SMILES string of the molecule is CC(O)C(NC(=O)C(N)CO)C(=O)NC(CS)C(=O)NC(CCC(N)=O)C(=O)O. The van der Waals surface area contributed by atoms with Crippen molar-refractivity contribution in [1.29, 1.82) is 0 Å². The molecule has 0 aromatic rings. The Labute approximate surface area is 172 Å². The van der Waals surface area contributed by atoms with E-state index in [4.69, 9.17) is 21.7 Å². The van der Waals surface area contributed by atoms with Crippen molar-refractivity contribution in [3.05, 3.63) is 0 Å². The van der Waals surface area contributed by atoms with Crippen molar-refractivity contribution in [3.8, 4) is 0 Å². The van der Waals surface area contributed by atoms with Crippen molar-refractivity contribution in [2.24, 2.45) is 11.5 Å². The third kappa shape index (κ3) is 9.56. The van der Waals surface area contributed by atoms with Crippen LogP contribution in [0.15, 0.2) is 0 Å². The standard InChI is InChI=1S/C15H27N5O8S/c1-6(22)11(20-12(24)7(16)4-21)14(26)19-9(5-29)13(25)18-8(15(27)28)2-3-10(17)23/h6-9,11,21-22,29H,2-5,16H2,1H3,(H2,17,23)(H,18,25)(H,19,26)(H,20,24)(H,27,28). The van der Waals surface area contributed by atoms with Crippen LogP contribution >= 0.6 is 12.6 Å². The van der Waals surface area contributed by atoms with Gasteiger partial charge in [0.2, 0.25) is 23.6 Å². The number of nitrogens with one attached hydrogen (secondary N) is 3. The average molecular weight is 437 g/mol. The number of carbonyl (C=O) groups is 5. The minimum absolute atomic E-state index is 0.240. The molecule has 5 atom stereocenters. The Morgan fingerprint density at radius 2 is 1.55 bits per heavy atom. The quantitative estimate of drug-likeness (QED) is 0.126. The number of aliphatic hydroxyl groups is 2. The lowest BCUT2D eigenvalue weighted by atomic mass is 10.1. The van der Waals surface area contributed by atoms with Crippen LogP contribution in [-0.4, -0.2) is 87.5 Å². The highest BCUT2D eigenvalue weighted by molar-refractivity contribution is 7.80. The van der Waals surface area contributed by atoms with E-state index in [0.29, 0.717) is 0 Å². The lowest BCUT2D eigenvalue weighted by Gasteiger charge is -2.25. The fraction of sp³-hybridized carbons (Fsp3) is 0.667. The van der Waals surface area contributed by atoms with Gasteiger partial charge < -0.3 is 42.7 Å². The molecule has 0 saturated heterocycles. The molecule has 10 N–H and O–H groups in total. The summed E-state index contributed by atoms with van der Waals surface area (Å²) in [5.41, 5.74) is 10.3. The molecule has 0 aliphatic heterocycles. The molecule has 166 valence electrons. The van der Waals surface area contributed by atoms with E-state index >= 15 is 0 Å². The molecule has 0 radical (unpaired) electrons. The van der Waals surface area contributed by atoms with Gasteiger partial charge in [0, 0.05) is 12.2 Å². The van der Waals surface area contributed by atoms with E-state index in [1.807, 2.05) is 0 Å². The number of thiol groups is 1. The number of hydrogen-bond acceptors (Lipinski definition) is 9. The maximum absolute atomic E-state index is 12.4. The molecule has 14 heteroatoms. The predicted molar refractivity (Wildman–Crippen MR) is 102 cm³/mol. The van der Waals surface area contributed by atoms with Gasteiger partial charge in [-0.3, -0.25) is 19.2 Å². The Bertz CT molecular complexity index is 618. The van der Waals surface area contributed by atoms with Crippen LogP contribution in [0.3, 0.4) is 0 Å². The third-order valence-corrected chi connectivity index (χ3v) is 4.07. The molecule has 0 aliphatic carbocycles. The summed E-state index contributed by atoms with van der Waals surface area (Å²) in [4.78, 5) is 58.4. The zero-order chi connectivity index (χ0) is 22.7. The fourth-order valence-electron chi connectivity index (χ4n) is 2.02. The van der Waals surface area contributed by atoms with Crippen molar-refractivity contribution in [1.82, 2.24) is 16.0 Å². The zero-order valence-corrected chi connectivity index (χ0v) is 16.6. The molecule has 0 heterocycles. The molecule has 0 aromatic heterocycles. The number of carboxylic acids is 1. The van der Waals surface area contributed by atoms with Crippen molar-refractivity contribution in [2.75, 3.05) is 12.4 Å². The van der Waals surface area contributed by atoms with Gasteiger partial charge in [-0.1, -0.05) is 0 Å². The van der Waals surface area contributed by atoms with Gasteiger partial charge in [0.25, 0.3) is 0 Å². The predicted octanol–water partition coefficient (Wildman–Crippen LogP) is -4.58. The number of carboxylic acid groups (broad SMARTS) is 1. The molecule has 0 aromatic carbocycles. The lowest BCUT2D eigenvalue weighted by molar-refractivity contribution is -0.142.